The summed E-state index contributed by atoms with van der Waals surface area (Å²) in [7, 11) is 0. The summed E-state index contributed by atoms with van der Waals surface area (Å²) in [6.07, 6.45) is 6.62. The van der Waals surface area contributed by atoms with Gasteiger partial charge in [-0.3, -0.25) is 19.6 Å². The minimum absolute atomic E-state index is 0.237. The van der Waals surface area contributed by atoms with Gasteiger partial charge in [-0.1, -0.05) is 42.1 Å². The highest BCUT2D eigenvalue weighted by Crippen LogP contribution is 2.26. The van der Waals surface area contributed by atoms with Gasteiger partial charge in [-0.05, 0) is 42.7 Å². The van der Waals surface area contributed by atoms with Crippen LogP contribution in [-0.4, -0.2) is 38.0 Å². The lowest BCUT2D eigenvalue weighted by Crippen LogP contribution is -2.14. The van der Waals surface area contributed by atoms with Crippen molar-refractivity contribution in [1.82, 2.24) is 19.9 Å². The van der Waals surface area contributed by atoms with Gasteiger partial charge in [-0.2, -0.15) is 0 Å². The second-order valence-corrected chi connectivity index (χ2v) is 8.50. The minimum atomic E-state index is -0.288. The first kappa shape index (κ1) is 23.1. The summed E-state index contributed by atoms with van der Waals surface area (Å²) < 4.78 is 0. The number of hydrogen-bond acceptors (Lipinski definition) is 7. The predicted octanol–water partition coefficient (Wildman–Crippen LogP) is 5.31. The molecule has 0 atom stereocenters. The van der Waals surface area contributed by atoms with Crippen LogP contribution in [0.5, 0.6) is 0 Å². The number of hydrogen-bond donors (Lipinski definition) is 2. The Bertz CT molecular complexity index is 1570. The van der Waals surface area contributed by atoms with Crippen LogP contribution in [0.2, 0.25) is 0 Å². The molecule has 3 heterocycles. The van der Waals surface area contributed by atoms with Crippen molar-refractivity contribution in [3.8, 4) is 11.3 Å². The van der Waals surface area contributed by atoms with Gasteiger partial charge >= 0.3 is 0 Å². The Hall–Kier alpha value is -4.63. The van der Waals surface area contributed by atoms with Crippen LogP contribution in [0.15, 0.2) is 96.5 Å². The second-order valence-electron chi connectivity index (χ2n) is 7.73. The van der Waals surface area contributed by atoms with E-state index in [4.69, 9.17) is 0 Å². The Labute approximate surface area is 211 Å². The first-order chi connectivity index (χ1) is 17.6. The number of aromatic nitrogens is 4. The quantitative estimate of drug-likeness (QED) is 0.244. The molecule has 0 bridgehead atoms. The average molecular weight is 493 g/mol. The summed E-state index contributed by atoms with van der Waals surface area (Å²) in [6.45, 7) is 0. The Kier molecular flexibility index (Phi) is 6.63. The zero-order chi connectivity index (χ0) is 24.9. The van der Waals surface area contributed by atoms with Gasteiger partial charge in [0.2, 0.25) is 0 Å². The number of benzene rings is 2. The van der Waals surface area contributed by atoms with Crippen molar-refractivity contribution in [1.29, 1.82) is 0 Å². The van der Waals surface area contributed by atoms with Crippen LogP contribution < -0.4 is 10.6 Å². The Morgan fingerprint density at radius 2 is 1.64 bits per heavy atom. The fraction of sp³-hybridized carbons (Fsp3) is 0.0370. The van der Waals surface area contributed by atoms with Gasteiger partial charge in [0, 0.05) is 46.9 Å². The molecule has 0 saturated carbocycles. The molecular weight excluding hydrogens is 472 g/mol. The number of carbonyl (C=O) groups excluding carboxylic acids is 2. The van der Waals surface area contributed by atoms with Crippen LogP contribution in [0.25, 0.3) is 22.2 Å². The number of anilines is 2. The number of para-hydroxylation sites is 1. The molecule has 0 radical (unpaired) electrons. The molecule has 5 rings (SSSR count). The topological polar surface area (TPSA) is 110 Å². The van der Waals surface area contributed by atoms with E-state index in [9.17, 15) is 9.59 Å². The van der Waals surface area contributed by atoms with E-state index in [1.807, 2.05) is 48.7 Å². The van der Waals surface area contributed by atoms with Crippen LogP contribution in [0.3, 0.4) is 0 Å². The fourth-order valence-electron chi connectivity index (χ4n) is 3.67. The van der Waals surface area contributed by atoms with Crippen molar-refractivity contribution in [3.63, 3.8) is 0 Å². The molecule has 0 unspecified atom stereocenters. The molecule has 0 aliphatic heterocycles. The molecule has 36 heavy (non-hydrogen) atoms. The number of carbonyl (C=O) groups is 2. The zero-order valence-corrected chi connectivity index (χ0v) is 20.0. The third-order valence-electron chi connectivity index (χ3n) is 5.38. The lowest BCUT2D eigenvalue weighted by molar-refractivity contribution is 0.101. The van der Waals surface area contributed by atoms with E-state index >= 15 is 0 Å². The first-order valence-electron chi connectivity index (χ1n) is 11.0. The van der Waals surface area contributed by atoms with Crippen molar-refractivity contribution in [2.75, 3.05) is 16.9 Å². The molecule has 5 aromatic rings. The molecule has 0 spiro atoms. The largest absolute Gasteiger partial charge is 0.322 e. The van der Waals surface area contributed by atoms with Crippen molar-refractivity contribution >= 4 is 46.0 Å². The maximum Gasteiger partial charge on any atom is 0.257 e. The Balaban J connectivity index is 1.42. The maximum absolute atomic E-state index is 13.1. The molecule has 0 aliphatic rings. The summed E-state index contributed by atoms with van der Waals surface area (Å²) in [5.41, 5.74) is 3.76. The second kappa shape index (κ2) is 10.3. The number of rotatable bonds is 6. The van der Waals surface area contributed by atoms with Crippen molar-refractivity contribution in [2.45, 2.75) is 5.16 Å². The summed E-state index contributed by atoms with van der Waals surface area (Å²) in [4.78, 5) is 43.0. The predicted molar refractivity (Wildman–Crippen MR) is 141 cm³/mol. The number of nitrogens with one attached hydrogen (secondary N) is 2. The maximum atomic E-state index is 13.1. The summed E-state index contributed by atoms with van der Waals surface area (Å²) >= 11 is 1.37. The third kappa shape index (κ3) is 5.06. The molecule has 0 saturated heterocycles. The van der Waals surface area contributed by atoms with Crippen LogP contribution in [-0.2, 0) is 0 Å². The van der Waals surface area contributed by atoms with E-state index in [-0.39, 0.29) is 11.8 Å². The monoisotopic (exact) mass is 492 g/mol. The standard InChI is InChI=1S/C27H20N6O2S/c1-36-27-31-23(18-5-4-6-19(15-18)30-25(34)17-9-12-28-13-10-17)16-24(33-27)32-26(35)21-11-14-29-22-8-3-2-7-20(21)22/h2-16H,1H3,(H,30,34)(H,31,32,33,35). The SMILES string of the molecule is CSc1nc(NC(=O)c2ccnc3ccccc23)cc(-c2cccc(NC(=O)c3ccncc3)c2)n1. The van der Waals surface area contributed by atoms with E-state index in [0.717, 1.165) is 16.5 Å². The van der Waals surface area contributed by atoms with Crippen LogP contribution >= 0.6 is 11.8 Å². The molecule has 0 fully saturated rings. The average Bonchev–Trinajstić information content (AvgIpc) is 2.93. The first-order valence-corrected chi connectivity index (χ1v) is 12.2. The van der Waals surface area contributed by atoms with Crippen molar-refractivity contribution in [3.05, 3.63) is 103 Å². The van der Waals surface area contributed by atoms with E-state index < -0.39 is 0 Å². The van der Waals surface area contributed by atoms with Gasteiger partial charge in [0.15, 0.2) is 5.16 Å². The molecule has 2 aromatic carbocycles. The molecule has 9 heteroatoms. The van der Waals surface area contributed by atoms with E-state index in [0.29, 0.717) is 33.5 Å². The molecule has 3 aromatic heterocycles. The van der Waals surface area contributed by atoms with Gasteiger partial charge in [-0.25, -0.2) is 9.97 Å². The van der Waals surface area contributed by atoms with E-state index in [2.05, 4.69) is 30.6 Å². The van der Waals surface area contributed by atoms with Gasteiger partial charge < -0.3 is 10.6 Å². The van der Waals surface area contributed by atoms with Crippen molar-refractivity contribution < 1.29 is 9.59 Å². The van der Waals surface area contributed by atoms with E-state index in [1.165, 1.54) is 11.8 Å². The molecular formula is C27H20N6O2S. The lowest BCUT2D eigenvalue weighted by Gasteiger charge is -2.11. The number of amides is 2. The van der Waals surface area contributed by atoms with E-state index in [1.54, 1.807) is 48.9 Å². The summed E-state index contributed by atoms with van der Waals surface area (Å²) in [6, 6.07) is 21.5. The number of pyridine rings is 2. The normalized spacial score (nSPS) is 10.7. The van der Waals surface area contributed by atoms with Crippen LogP contribution in [0.1, 0.15) is 20.7 Å². The number of fused-ring (bicyclic) bond motifs is 1. The molecule has 0 aliphatic carbocycles. The molecule has 176 valence electrons. The number of thioether (sulfide) groups is 1. The highest BCUT2D eigenvalue weighted by atomic mass is 32.2. The highest BCUT2D eigenvalue weighted by Gasteiger charge is 2.14. The van der Waals surface area contributed by atoms with Crippen LogP contribution in [0.4, 0.5) is 11.5 Å². The minimum Gasteiger partial charge on any atom is -0.322 e. The smallest absolute Gasteiger partial charge is 0.257 e. The number of nitrogens with zero attached hydrogens (tertiary/aromatic N) is 4. The van der Waals surface area contributed by atoms with Gasteiger partial charge in [-0.15, -0.1) is 0 Å². The van der Waals surface area contributed by atoms with Gasteiger partial charge in [0.1, 0.15) is 5.82 Å². The fourth-order valence-corrected chi connectivity index (χ4v) is 4.05. The third-order valence-corrected chi connectivity index (χ3v) is 5.93. The van der Waals surface area contributed by atoms with Gasteiger partial charge in [0.25, 0.3) is 11.8 Å². The summed E-state index contributed by atoms with van der Waals surface area (Å²) in [5.74, 6) is -0.148. The van der Waals surface area contributed by atoms with Gasteiger partial charge in [0.05, 0.1) is 16.8 Å². The lowest BCUT2D eigenvalue weighted by atomic mass is 10.1. The molecule has 8 nitrogen and oxygen atoms in total. The summed E-state index contributed by atoms with van der Waals surface area (Å²) in [5, 5.41) is 7.05. The molecule has 2 amide bonds. The Morgan fingerprint density at radius 1 is 0.806 bits per heavy atom. The molecule has 2 N–H and O–H groups in total. The highest BCUT2D eigenvalue weighted by molar-refractivity contribution is 7.98. The van der Waals surface area contributed by atoms with Crippen LogP contribution in [0, 0.1) is 0 Å². The zero-order valence-electron chi connectivity index (χ0n) is 19.2. The Morgan fingerprint density at radius 3 is 2.47 bits per heavy atom. The van der Waals surface area contributed by atoms with Crippen molar-refractivity contribution in [2.24, 2.45) is 0 Å².